The van der Waals surface area contributed by atoms with Crippen molar-refractivity contribution in [2.24, 2.45) is 0 Å². The van der Waals surface area contributed by atoms with Crippen molar-refractivity contribution in [3.8, 4) is 5.75 Å². The first-order chi connectivity index (χ1) is 8.86. The van der Waals surface area contributed by atoms with Crippen LogP contribution in [0, 0.1) is 0 Å². The normalized spacial score (nSPS) is 15.2. The summed E-state index contributed by atoms with van der Waals surface area (Å²) in [6.07, 6.45) is 6.76. The lowest BCUT2D eigenvalue weighted by Crippen LogP contribution is -2.42. The van der Waals surface area contributed by atoms with E-state index in [2.05, 4.69) is 32.7 Å². The van der Waals surface area contributed by atoms with Crippen LogP contribution in [0.4, 0.5) is 5.82 Å². The SMILES string of the molecule is CCCOc1cccnc1N(CCBr)C1CCC1. The van der Waals surface area contributed by atoms with Crippen LogP contribution in [0.5, 0.6) is 5.75 Å². The number of halogens is 1. The molecule has 100 valence electrons. The highest BCUT2D eigenvalue weighted by molar-refractivity contribution is 9.09. The molecule has 0 unspecified atom stereocenters. The van der Waals surface area contributed by atoms with Crippen molar-refractivity contribution in [1.82, 2.24) is 4.98 Å². The molecule has 1 aromatic heterocycles. The predicted octanol–water partition coefficient (Wildman–Crippen LogP) is 3.62. The summed E-state index contributed by atoms with van der Waals surface area (Å²) in [5.41, 5.74) is 0. The summed E-state index contributed by atoms with van der Waals surface area (Å²) in [6.45, 7) is 3.87. The van der Waals surface area contributed by atoms with Gasteiger partial charge in [0.05, 0.1) is 6.61 Å². The van der Waals surface area contributed by atoms with Gasteiger partial charge in [-0.3, -0.25) is 0 Å². The van der Waals surface area contributed by atoms with Crippen molar-refractivity contribution < 1.29 is 4.74 Å². The van der Waals surface area contributed by atoms with Crippen LogP contribution in [0.25, 0.3) is 0 Å². The molecule has 0 bridgehead atoms. The standard InChI is InChI=1S/C14H21BrN2O/c1-2-11-18-13-7-4-9-16-14(13)17(10-8-15)12-5-3-6-12/h4,7,9,12H,2-3,5-6,8,10-11H2,1H3. The molecule has 1 aliphatic carbocycles. The molecular formula is C14H21BrN2O. The lowest BCUT2D eigenvalue weighted by Gasteiger charge is -2.38. The molecule has 0 radical (unpaired) electrons. The van der Waals surface area contributed by atoms with Crippen LogP contribution >= 0.6 is 15.9 Å². The lowest BCUT2D eigenvalue weighted by molar-refractivity contribution is 0.312. The Labute approximate surface area is 118 Å². The molecule has 3 nitrogen and oxygen atoms in total. The van der Waals surface area contributed by atoms with Crippen LogP contribution in [0.1, 0.15) is 32.6 Å². The molecule has 1 aliphatic rings. The molecule has 0 N–H and O–H groups in total. The average Bonchev–Trinajstić information content (AvgIpc) is 2.34. The molecule has 1 saturated carbocycles. The van der Waals surface area contributed by atoms with Gasteiger partial charge in [0.25, 0.3) is 0 Å². The van der Waals surface area contributed by atoms with Crippen LogP contribution in [-0.2, 0) is 0 Å². The molecular weight excluding hydrogens is 292 g/mol. The van der Waals surface area contributed by atoms with Crippen LogP contribution in [0.15, 0.2) is 18.3 Å². The Morgan fingerprint density at radius 2 is 2.33 bits per heavy atom. The molecule has 2 rings (SSSR count). The Kier molecular flexibility index (Phi) is 5.29. The van der Waals surface area contributed by atoms with Gasteiger partial charge in [-0.05, 0) is 37.8 Å². The monoisotopic (exact) mass is 312 g/mol. The first-order valence-electron chi connectivity index (χ1n) is 6.77. The van der Waals surface area contributed by atoms with Gasteiger partial charge >= 0.3 is 0 Å². The Hall–Kier alpha value is -0.770. The molecule has 18 heavy (non-hydrogen) atoms. The number of rotatable bonds is 7. The molecule has 0 atom stereocenters. The zero-order chi connectivity index (χ0) is 12.8. The van der Waals surface area contributed by atoms with Crippen molar-refractivity contribution in [1.29, 1.82) is 0 Å². The van der Waals surface area contributed by atoms with Crippen LogP contribution in [0.2, 0.25) is 0 Å². The summed E-state index contributed by atoms with van der Waals surface area (Å²) < 4.78 is 5.81. The second-order valence-electron chi connectivity index (χ2n) is 4.64. The topological polar surface area (TPSA) is 25.4 Å². The molecule has 0 saturated heterocycles. The Balaban J connectivity index is 2.16. The van der Waals surface area contributed by atoms with Gasteiger partial charge in [0.2, 0.25) is 0 Å². The van der Waals surface area contributed by atoms with Crippen molar-refractivity contribution in [3.05, 3.63) is 18.3 Å². The van der Waals surface area contributed by atoms with Gasteiger partial charge in [-0.1, -0.05) is 22.9 Å². The number of ether oxygens (including phenoxy) is 1. The quantitative estimate of drug-likeness (QED) is 0.719. The fourth-order valence-corrected chi connectivity index (χ4v) is 2.56. The molecule has 4 heteroatoms. The third-order valence-electron chi connectivity index (χ3n) is 3.33. The Morgan fingerprint density at radius 3 is 2.94 bits per heavy atom. The number of hydrogen-bond acceptors (Lipinski definition) is 3. The van der Waals surface area contributed by atoms with Crippen LogP contribution in [-0.4, -0.2) is 29.5 Å². The van der Waals surface area contributed by atoms with E-state index in [0.29, 0.717) is 6.04 Å². The smallest absolute Gasteiger partial charge is 0.171 e. The van der Waals surface area contributed by atoms with Crippen molar-refractivity contribution >= 4 is 21.7 Å². The van der Waals surface area contributed by atoms with Gasteiger partial charge in [0.15, 0.2) is 11.6 Å². The van der Waals surface area contributed by atoms with E-state index in [4.69, 9.17) is 4.74 Å². The maximum Gasteiger partial charge on any atom is 0.171 e. The molecule has 0 aliphatic heterocycles. The first kappa shape index (κ1) is 13.7. The molecule has 0 amide bonds. The highest BCUT2D eigenvalue weighted by Gasteiger charge is 2.27. The average molecular weight is 313 g/mol. The van der Waals surface area contributed by atoms with E-state index in [1.807, 2.05) is 18.3 Å². The molecule has 0 spiro atoms. The minimum atomic E-state index is 0.640. The summed E-state index contributed by atoms with van der Waals surface area (Å²) in [4.78, 5) is 6.93. The second-order valence-corrected chi connectivity index (χ2v) is 5.43. The lowest BCUT2D eigenvalue weighted by atomic mass is 9.91. The minimum Gasteiger partial charge on any atom is -0.490 e. The summed E-state index contributed by atoms with van der Waals surface area (Å²) in [5, 5.41) is 0.966. The fourth-order valence-electron chi connectivity index (χ4n) is 2.17. The van der Waals surface area contributed by atoms with Gasteiger partial charge < -0.3 is 9.64 Å². The van der Waals surface area contributed by atoms with E-state index in [1.54, 1.807) is 0 Å². The minimum absolute atomic E-state index is 0.640. The van der Waals surface area contributed by atoms with E-state index < -0.39 is 0 Å². The zero-order valence-electron chi connectivity index (χ0n) is 10.9. The molecule has 1 heterocycles. The van der Waals surface area contributed by atoms with Gasteiger partial charge in [-0.2, -0.15) is 0 Å². The van der Waals surface area contributed by atoms with Crippen LogP contribution in [0.3, 0.4) is 0 Å². The van der Waals surface area contributed by atoms with Gasteiger partial charge in [-0.25, -0.2) is 4.98 Å². The van der Waals surface area contributed by atoms with E-state index in [1.165, 1.54) is 19.3 Å². The van der Waals surface area contributed by atoms with Crippen LogP contribution < -0.4 is 9.64 Å². The number of alkyl halides is 1. The second kappa shape index (κ2) is 6.98. The fraction of sp³-hybridized carbons (Fsp3) is 0.643. The largest absolute Gasteiger partial charge is 0.490 e. The molecule has 0 aromatic carbocycles. The summed E-state index contributed by atoms with van der Waals surface area (Å²) in [6, 6.07) is 4.61. The highest BCUT2D eigenvalue weighted by atomic mass is 79.9. The Bertz CT molecular complexity index is 369. The molecule has 1 aromatic rings. The predicted molar refractivity (Wildman–Crippen MR) is 78.8 cm³/mol. The van der Waals surface area contributed by atoms with Crippen molar-refractivity contribution in [2.75, 3.05) is 23.4 Å². The highest BCUT2D eigenvalue weighted by Crippen LogP contribution is 2.33. The first-order valence-corrected chi connectivity index (χ1v) is 7.89. The van der Waals surface area contributed by atoms with E-state index >= 15 is 0 Å². The number of aromatic nitrogens is 1. The van der Waals surface area contributed by atoms with E-state index in [0.717, 1.165) is 36.5 Å². The summed E-state index contributed by atoms with van der Waals surface area (Å²) in [7, 11) is 0. The third-order valence-corrected chi connectivity index (χ3v) is 3.68. The van der Waals surface area contributed by atoms with Crippen molar-refractivity contribution in [3.63, 3.8) is 0 Å². The number of anilines is 1. The molecule has 1 fully saturated rings. The summed E-state index contributed by atoms with van der Waals surface area (Å²) in [5.74, 6) is 1.93. The van der Waals surface area contributed by atoms with Gasteiger partial charge in [-0.15, -0.1) is 0 Å². The van der Waals surface area contributed by atoms with Gasteiger partial charge in [0.1, 0.15) is 0 Å². The number of nitrogens with zero attached hydrogens (tertiary/aromatic N) is 2. The maximum atomic E-state index is 5.81. The summed E-state index contributed by atoms with van der Waals surface area (Å²) >= 11 is 3.54. The number of pyridine rings is 1. The zero-order valence-corrected chi connectivity index (χ0v) is 12.5. The Morgan fingerprint density at radius 1 is 1.50 bits per heavy atom. The van der Waals surface area contributed by atoms with E-state index in [9.17, 15) is 0 Å². The van der Waals surface area contributed by atoms with Crippen molar-refractivity contribution in [2.45, 2.75) is 38.6 Å². The maximum absolute atomic E-state index is 5.81. The van der Waals surface area contributed by atoms with E-state index in [-0.39, 0.29) is 0 Å². The number of hydrogen-bond donors (Lipinski definition) is 0. The van der Waals surface area contributed by atoms with Gasteiger partial charge in [0, 0.05) is 24.1 Å². The third kappa shape index (κ3) is 3.16.